The van der Waals surface area contributed by atoms with Crippen molar-refractivity contribution in [1.29, 1.82) is 0 Å². The molecule has 0 bridgehead atoms. The second-order valence-corrected chi connectivity index (χ2v) is 18.4. The molecule has 0 spiro atoms. The molecule has 8 rings (SSSR count). The molecule has 4 aliphatic carbocycles. The minimum absolute atomic E-state index is 0. The third-order valence-electron chi connectivity index (χ3n) is 12.8. The number of aryl methyl sites for hydroxylation is 2. The Morgan fingerprint density at radius 2 is 0.974 bits per heavy atom. The summed E-state index contributed by atoms with van der Waals surface area (Å²) in [5.41, 5.74) is 10.1. The fraction of sp³-hybridized carbons (Fsp3) is 0.644. The van der Waals surface area contributed by atoms with Crippen LogP contribution in [0.3, 0.4) is 0 Å². The molecular formula is C45H72N16O15. The smallest absolute Gasteiger partial charge is 0.361 e. The zero-order chi connectivity index (χ0) is 55.4. The number of amides is 3. The molecule has 31 heteroatoms. The number of nitrogens with zero attached hydrogens (tertiary/aromatic N) is 9. The SMILES string of the molecule is C.COC1CCC(NC(=O)c2nn(C)cc2N)CC1.COC1CCC(NC(=O)c2nn(C)cc2[N+](=O)[O-])CC1.NC1CCC(O)CC1.O=C(NC1CCC(O)CC1)c1[nH]ncc1[N+](=O)[O-].O=C(O)c1[nH]ncc1[N+](=O)[O-]. The van der Waals surface area contributed by atoms with Crippen molar-refractivity contribution in [3.05, 3.63) is 77.9 Å². The maximum atomic E-state index is 12.1. The Hall–Kier alpha value is -7.48. The monoisotopic (exact) mass is 1080 g/mol. The van der Waals surface area contributed by atoms with Crippen LogP contribution in [-0.2, 0) is 23.6 Å². The second-order valence-electron chi connectivity index (χ2n) is 18.4. The van der Waals surface area contributed by atoms with Gasteiger partial charge in [-0.1, -0.05) is 7.43 Å². The third-order valence-corrected chi connectivity index (χ3v) is 12.8. The van der Waals surface area contributed by atoms with Crippen LogP contribution in [0.1, 0.15) is 152 Å². The molecule has 4 aromatic heterocycles. The largest absolute Gasteiger partial charge is 0.476 e. The number of aliphatic hydroxyl groups excluding tert-OH is 2. The van der Waals surface area contributed by atoms with Crippen LogP contribution in [0.15, 0.2) is 24.8 Å². The number of anilines is 1. The minimum atomic E-state index is -1.39. The number of aliphatic hydroxyl groups is 2. The first-order valence-electron chi connectivity index (χ1n) is 24.3. The fourth-order valence-electron chi connectivity index (χ4n) is 8.59. The van der Waals surface area contributed by atoms with Crippen LogP contribution in [0.4, 0.5) is 22.7 Å². The number of carboxylic acids is 1. The van der Waals surface area contributed by atoms with Gasteiger partial charge in [0.2, 0.25) is 17.1 Å². The van der Waals surface area contributed by atoms with Gasteiger partial charge in [0.1, 0.15) is 18.6 Å². The van der Waals surface area contributed by atoms with Gasteiger partial charge in [0.25, 0.3) is 17.7 Å². The Kier molecular flexibility index (Phi) is 25.4. The van der Waals surface area contributed by atoms with Gasteiger partial charge in [0.15, 0.2) is 5.69 Å². The van der Waals surface area contributed by atoms with Gasteiger partial charge in [-0.25, -0.2) is 4.79 Å². The Morgan fingerprint density at radius 1 is 0.605 bits per heavy atom. The quantitative estimate of drug-likeness (QED) is 0.0720. The van der Waals surface area contributed by atoms with Crippen molar-refractivity contribution >= 4 is 46.4 Å². The van der Waals surface area contributed by atoms with Gasteiger partial charge >= 0.3 is 23.0 Å². The van der Waals surface area contributed by atoms with Crippen molar-refractivity contribution in [2.24, 2.45) is 19.8 Å². The molecular weight excluding hydrogens is 1000 g/mol. The van der Waals surface area contributed by atoms with E-state index >= 15 is 0 Å². The zero-order valence-electron chi connectivity index (χ0n) is 42.2. The van der Waals surface area contributed by atoms with E-state index in [0.29, 0.717) is 49.2 Å². The first-order valence-corrected chi connectivity index (χ1v) is 24.3. The average molecular weight is 1080 g/mol. The van der Waals surface area contributed by atoms with Gasteiger partial charge in [0, 0.05) is 58.7 Å². The number of aromatic amines is 2. The second kappa shape index (κ2) is 30.8. The van der Waals surface area contributed by atoms with Crippen LogP contribution in [0.25, 0.3) is 0 Å². The van der Waals surface area contributed by atoms with E-state index in [9.17, 15) is 54.6 Å². The summed E-state index contributed by atoms with van der Waals surface area (Å²) in [6.07, 6.45) is 18.6. The predicted octanol–water partition coefficient (Wildman–Crippen LogP) is 2.96. The number of H-pyrrole nitrogens is 2. The Labute approximate surface area is 436 Å². The fourth-order valence-corrected chi connectivity index (χ4v) is 8.59. The van der Waals surface area contributed by atoms with Crippen LogP contribution < -0.4 is 27.4 Å². The number of nitrogens with one attached hydrogen (secondary N) is 5. The highest BCUT2D eigenvalue weighted by molar-refractivity contribution is 5.97. The lowest BCUT2D eigenvalue weighted by atomic mass is 9.93. The number of nitro groups is 3. The third kappa shape index (κ3) is 19.7. The summed E-state index contributed by atoms with van der Waals surface area (Å²) in [6.45, 7) is 0. The molecule has 4 aliphatic rings. The van der Waals surface area contributed by atoms with E-state index in [-0.39, 0.29) is 72.5 Å². The first-order chi connectivity index (χ1) is 35.6. The molecule has 0 aromatic carbocycles. The highest BCUT2D eigenvalue weighted by Crippen LogP contribution is 2.24. The number of hydrogen-bond donors (Lipinski definition) is 10. The molecule has 0 atom stereocenters. The summed E-state index contributed by atoms with van der Waals surface area (Å²) in [4.78, 5) is 75.7. The highest BCUT2D eigenvalue weighted by atomic mass is 16.6. The van der Waals surface area contributed by atoms with Gasteiger partial charge in [-0.3, -0.25) is 64.3 Å². The van der Waals surface area contributed by atoms with E-state index in [1.807, 2.05) is 5.10 Å². The molecule has 4 heterocycles. The average Bonchev–Trinajstić information content (AvgIpc) is 4.22. The molecule has 12 N–H and O–H groups in total. The maximum Gasteiger partial charge on any atom is 0.361 e. The van der Waals surface area contributed by atoms with Gasteiger partial charge in [0.05, 0.1) is 44.9 Å². The summed E-state index contributed by atoms with van der Waals surface area (Å²) in [7, 11) is 6.71. The molecule has 0 saturated heterocycles. The van der Waals surface area contributed by atoms with E-state index in [1.54, 1.807) is 39.2 Å². The number of carbonyl (C=O) groups is 4. The predicted molar refractivity (Wildman–Crippen MR) is 271 cm³/mol. The van der Waals surface area contributed by atoms with Crippen LogP contribution in [0.5, 0.6) is 0 Å². The molecule has 0 aliphatic heterocycles. The molecule has 4 saturated carbocycles. The number of carbonyl (C=O) groups excluding carboxylic acids is 3. The van der Waals surface area contributed by atoms with Gasteiger partial charge in [-0.15, -0.1) is 0 Å². The number of aromatic carboxylic acids is 1. The summed E-state index contributed by atoms with van der Waals surface area (Å²) in [5, 5.41) is 85.7. The van der Waals surface area contributed by atoms with Crippen LogP contribution >= 0.6 is 0 Å². The van der Waals surface area contributed by atoms with Gasteiger partial charge < -0.3 is 52.2 Å². The summed E-state index contributed by atoms with van der Waals surface area (Å²) in [6, 6.07) is 0.531. The number of ether oxygens (including phenoxy) is 2. The van der Waals surface area contributed by atoms with Gasteiger partial charge in [-0.05, 0) is 103 Å². The lowest BCUT2D eigenvalue weighted by molar-refractivity contribution is -0.385. The van der Waals surface area contributed by atoms with E-state index in [0.717, 1.165) is 89.4 Å². The van der Waals surface area contributed by atoms with E-state index in [1.165, 1.54) is 10.9 Å². The molecule has 4 aromatic rings. The van der Waals surface area contributed by atoms with E-state index in [4.69, 9.17) is 31.2 Å². The lowest BCUT2D eigenvalue weighted by Crippen LogP contribution is -2.39. The molecule has 31 nitrogen and oxygen atoms in total. The molecule has 3 amide bonds. The van der Waals surface area contributed by atoms with Crippen molar-refractivity contribution in [2.45, 2.75) is 159 Å². The number of hydrogen-bond acceptors (Lipinski definition) is 20. The van der Waals surface area contributed by atoms with Crippen LogP contribution in [0, 0.1) is 30.3 Å². The number of nitrogen functional groups attached to an aromatic ring is 1. The Morgan fingerprint density at radius 3 is 1.36 bits per heavy atom. The zero-order valence-corrected chi connectivity index (χ0v) is 42.2. The highest BCUT2D eigenvalue weighted by Gasteiger charge is 2.30. The normalized spacial score (nSPS) is 22.7. The molecule has 76 heavy (non-hydrogen) atoms. The van der Waals surface area contributed by atoms with Crippen molar-refractivity contribution < 1.29 is 58.7 Å². The standard InChI is InChI=1S/C12H18N4O4.C12H20N4O2.C10H14N4O4.C6H13NO.C4H3N3O4.CH4/c1-15-7-10(16(18)19)11(14-15)12(17)13-8-3-5-9(20-2)6-4-8;1-16-7-10(13)11(15-16)12(17)14-8-3-5-9(18-2)6-4-8;15-7-3-1-6(2-4-7)12-10(16)9-8(14(17)18)5-11-13-9;7-5-1-3-6(8)4-2-5;8-4(9)3-2(7(10)11)1-5-6-3;/h7-9H,3-6H2,1-2H3,(H,13,17);7-9H,3-6,13H2,1-2H3,(H,14,17);5-7,15H,1-4H2,(H,11,13)(H,12,16);5-6,8H,1-4,7H2;1H,(H,5,6)(H,8,9);1H4. The summed E-state index contributed by atoms with van der Waals surface area (Å²) < 4.78 is 13.4. The number of nitrogens with two attached hydrogens (primary N) is 2. The molecule has 422 valence electrons. The van der Waals surface area contributed by atoms with Crippen molar-refractivity contribution in [3.8, 4) is 0 Å². The van der Waals surface area contributed by atoms with Crippen LogP contribution in [0.2, 0.25) is 0 Å². The number of rotatable bonds is 12. The number of methoxy groups -OCH3 is 2. The van der Waals surface area contributed by atoms with Crippen molar-refractivity contribution in [2.75, 3.05) is 20.0 Å². The van der Waals surface area contributed by atoms with Gasteiger partial charge in [-0.2, -0.15) is 20.4 Å². The van der Waals surface area contributed by atoms with Crippen LogP contribution in [-0.4, -0.2) is 157 Å². The van der Waals surface area contributed by atoms with E-state index in [2.05, 4.69) is 41.4 Å². The minimum Gasteiger partial charge on any atom is -0.476 e. The lowest BCUT2D eigenvalue weighted by Gasteiger charge is -2.27. The van der Waals surface area contributed by atoms with Crippen molar-refractivity contribution in [3.63, 3.8) is 0 Å². The maximum absolute atomic E-state index is 12.1. The van der Waals surface area contributed by atoms with E-state index < -0.39 is 43.9 Å². The number of carboxylic acid groups (broad SMARTS) is 1. The Bertz CT molecular complexity index is 2460. The topological polar surface area (TPSA) is 458 Å². The first kappa shape index (κ1) is 62.8. The number of aromatic nitrogens is 8. The molecule has 0 radical (unpaired) electrons. The summed E-state index contributed by atoms with van der Waals surface area (Å²) >= 11 is 0. The van der Waals surface area contributed by atoms with Crippen molar-refractivity contribution in [1.82, 2.24) is 55.9 Å². The Balaban J connectivity index is 0.000000257. The summed E-state index contributed by atoms with van der Waals surface area (Å²) in [5.74, 6) is -2.60. The molecule has 0 unspecified atom stereocenters. The molecule has 4 fully saturated rings.